The summed E-state index contributed by atoms with van der Waals surface area (Å²) >= 11 is 0. The summed E-state index contributed by atoms with van der Waals surface area (Å²) in [5.74, 6) is 1.64. The first-order valence-electron chi connectivity index (χ1n) is 12.6. The lowest BCUT2D eigenvalue weighted by atomic mass is 9.94. The number of aromatic nitrogens is 2. The minimum atomic E-state index is -0.167. The fourth-order valence-corrected chi connectivity index (χ4v) is 5.67. The lowest BCUT2D eigenvalue weighted by molar-refractivity contribution is -0.109. The Labute approximate surface area is 197 Å². The predicted octanol–water partition coefficient (Wildman–Crippen LogP) is 4.72. The standard InChI is InChI=1S/C28H36N4O/c1-20-8-9-24-25(31(20)2)10-11-26-28(24)30-27(18-23(19-33)22-6-4-3-5-7-22)32(26)17-14-21-12-15-29-16-13-21/h3-7,10-11,19-21,23,29H,8-9,12-18H2,1-2H3. The van der Waals surface area contributed by atoms with Crippen molar-refractivity contribution in [3.63, 3.8) is 0 Å². The number of imidazole rings is 1. The molecule has 33 heavy (non-hydrogen) atoms. The Kier molecular flexibility index (Phi) is 6.50. The summed E-state index contributed by atoms with van der Waals surface area (Å²) in [7, 11) is 2.20. The van der Waals surface area contributed by atoms with E-state index < -0.39 is 0 Å². The van der Waals surface area contributed by atoms with Crippen LogP contribution in [0.1, 0.15) is 55.5 Å². The molecule has 1 aromatic heterocycles. The molecule has 0 saturated carbocycles. The van der Waals surface area contributed by atoms with Gasteiger partial charge in [-0.05, 0) is 75.7 Å². The van der Waals surface area contributed by atoms with E-state index in [9.17, 15) is 4.79 Å². The predicted molar refractivity (Wildman–Crippen MR) is 135 cm³/mol. The van der Waals surface area contributed by atoms with Crippen molar-refractivity contribution in [3.8, 4) is 0 Å². The number of hydrogen-bond donors (Lipinski definition) is 1. The molecule has 2 aliphatic rings. The van der Waals surface area contributed by atoms with E-state index in [-0.39, 0.29) is 5.92 Å². The molecule has 1 N–H and O–H groups in total. The molecule has 2 aliphatic heterocycles. The van der Waals surface area contributed by atoms with Crippen LogP contribution in [-0.2, 0) is 24.2 Å². The zero-order valence-corrected chi connectivity index (χ0v) is 20.0. The van der Waals surface area contributed by atoms with Crippen LogP contribution in [0.3, 0.4) is 0 Å². The van der Waals surface area contributed by atoms with Gasteiger partial charge in [-0.1, -0.05) is 30.3 Å². The summed E-state index contributed by atoms with van der Waals surface area (Å²) in [6.07, 6.45) is 7.64. The van der Waals surface area contributed by atoms with Crippen LogP contribution in [0.5, 0.6) is 0 Å². The topological polar surface area (TPSA) is 50.2 Å². The SMILES string of the molecule is CC1CCc2c(ccc3c2nc(CC(C=O)c2ccccc2)n3CCC2CCNCC2)N1C. The van der Waals surface area contributed by atoms with E-state index in [0.717, 1.165) is 61.6 Å². The first-order chi connectivity index (χ1) is 16.2. The van der Waals surface area contributed by atoms with Crippen molar-refractivity contribution in [1.29, 1.82) is 0 Å². The molecule has 0 aliphatic carbocycles. The first kappa shape index (κ1) is 22.1. The van der Waals surface area contributed by atoms with Crippen LogP contribution >= 0.6 is 0 Å². The van der Waals surface area contributed by atoms with Gasteiger partial charge in [0.2, 0.25) is 0 Å². The quantitative estimate of drug-likeness (QED) is 0.536. The summed E-state index contributed by atoms with van der Waals surface area (Å²) < 4.78 is 2.43. The Morgan fingerprint density at radius 3 is 2.67 bits per heavy atom. The van der Waals surface area contributed by atoms with Crippen LogP contribution < -0.4 is 10.2 Å². The molecule has 5 heteroatoms. The normalized spacial score (nSPS) is 20.1. The molecule has 1 saturated heterocycles. The van der Waals surface area contributed by atoms with Crippen molar-refractivity contribution in [3.05, 3.63) is 59.4 Å². The molecule has 0 radical (unpaired) electrons. The van der Waals surface area contributed by atoms with Gasteiger partial charge < -0.3 is 19.6 Å². The van der Waals surface area contributed by atoms with Crippen LogP contribution in [0, 0.1) is 5.92 Å². The molecular formula is C28H36N4O. The minimum absolute atomic E-state index is 0.167. The van der Waals surface area contributed by atoms with E-state index in [4.69, 9.17) is 4.98 Å². The Morgan fingerprint density at radius 1 is 1.12 bits per heavy atom. The summed E-state index contributed by atoms with van der Waals surface area (Å²) in [5, 5.41) is 3.48. The zero-order valence-electron chi connectivity index (χ0n) is 20.0. The number of aryl methyl sites for hydroxylation is 2. The molecule has 0 amide bonds. The van der Waals surface area contributed by atoms with E-state index in [1.165, 1.54) is 36.0 Å². The number of hydrogen-bond acceptors (Lipinski definition) is 4. The van der Waals surface area contributed by atoms with E-state index in [1.54, 1.807) is 0 Å². The third kappa shape index (κ3) is 4.43. The molecule has 0 spiro atoms. The van der Waals surface area contributed by atoms with Crippen molar-refractivity contribution < 1.29 is 4.79 Å². The summed E-state index contributed by atoms with van der Waals surface area (Å²) in [4.78, 5) is 19.7. The second-order valence-electron chi connectivity index (χ2n) is 9.95. The fourth-order valence-electron chi connectivity index (χ4n) is 5.67. The number of carbonyl (C=O) groups excluding carboxylic acids is 1. The maximum Gasteiger partial charge on any atom is 0.127 e. The van der Waals surface area contributed by atoms with Gasteiger partial charge in [0.05, 0.1) is 11.0 Å². The molecule has 3 heterocycles. The largest absolute Gasteiger partial charge is 0.372 e. The van der Waals surface area contributed by atoms with Crippen molar-refractivity contribution in [2.24, 2.45) is 5.92 Å². The van der Waals surface area contributed by atoms with E-state index >= 15 is 0 Å². The number of carbonyl (C=O) groups is 1. The van der Waals surface area contributed by atoms with Gasteiger partial charge in [0.25, 0.3) is 0 Å². The number of benzene rings is 2. The summed E-state index contributed by atoms with van der Waals surface area (Å²) in [5.41, 5.74) is 6.13. The van der Waals surface area contributed by atoms with Crippen LogP contribution in [0.15, 0.2) is 42.5 Å². The molecule has 5 rings (SSSR count). The fraction of sp³-hybridized carbons (Fsp3) is 0.500. The number of piperidine rings is 1. The maximum absolute atomic E-state index is 12.1. The lowest BCUT2D eigenvalue weighted by Crippen LogP contribution is -2.33. The van der Waals surface area contributed by atoms with Crippen LogP contribution in [-0.4, -0.2) is 42.0 Å². The van der Waals surface area contributed by atoms with Gasteiger partial charge in [0, 0.05) is 43.2 Å². The number of nitrogens with zero attached hydrogens (tertiary/aromatic N) is 3. The molecule has 5 nitrogen and oxygen atoms in total. The summed E-state index contributed by atoms with van der Waals surface area (Å²) in [6.45, 7) is 5.52. The first-order valence-corrected chi connectivity index (χ1v) is 12.6. The molecular weight excluding hydrogens is 408 g/mol. The van der Waals surface area contributed by atoms with Gasteiger partial charge in [0.15, 0.2) is 0 Å². The maximum atomic E-state index is 12.1. The second kappa shape index (κ2) is 9.68. The highest BCUT2D eigenvalue weighted by Crippen LogP contribution is 2.36. The lowest BCUT2D eigenvalue weighted by Gasteiger charge is -2.33. The number of rotatable bonds is 7. The highest BCUT2D eigenvalue weighted by Gasteiger charge is 2.26. The highest BCUT2D eigenvalue weighted by atomic mass is 16.1. The molecule has 3 aromatic rings. The monoisotopic (exact) mass is 444 g/mol. The Bertz CT molecular complexity index is 1100. The van der Waals surface area contributed by atoms with Crippen LogP contribution in [0.2, 0.25) is 0 Å². The summed E-state index contributed by atoms with van der Waals surface area (Å²) in [6, 6.07) is 15.2. The average Bonchev–Trinajstić information content (AvgIpc) is 3.22. The number of nitrogens with one attached hydrogen (secondary N) is 1. The van der Waals surface area contributed by atoms with E-state index in [0.29, 0.717) is 12.5 Å². The third-order valence-electron chi connectivity index (χ3n) is 7.95. The molecule has 2 aromatic carbocycles. The average molecular weight is 445 g/mol. The second-order valence-corrected chi connectivity index (χ2v) is 9.95. The van der Waals surface area contributed by atoms with Gasteiger partial charge in [-0.25, -0.2) is 4.98 Å². The number of aldehydes is 1. The van der Waals surface area contributed by atoms with Gasteiger partial charge in [-0.15, -0.1) is 0 Å². The van der Waals surface area contributed by atoms with Crippen molar-refractivity contribution >= 4 is 23.0 Å². The minimum Gasteiger partial charge on any atom is -0.372 e. The van der Waals surface area contributed by atoms with Gasteiger partial charge in [-0.3, -0.25) is 0 Å². The van der Waals surface area contributed by atoms with Gasteiger partial charge in [-0.2, -0.15) is 0 Å². The Balaban J connectivity index is 1.53. The smallest absolute Gasteiger partial charge is 0.127 e. The van der Waals surface area contributed by atoms with Crippen molar-refractivity contribution in [1.82, 2.24) is 14.9 Å². The van der Waals surface area contributed by atoms with E-state index in [2.05, 4.69) is 53.0 Å². The Hall–Kier alpha value is -2.66. The van der Waals surface area contributed by atoms with Gasteiger partial charge >= 0.3 is 0 Å². The molecule has 174 valence electrons. The Morgan fingerprint density at radius 2 is 1.91 bits per heavy atom. The highest BCUT2D eigenvalue weighted by molar-refractivity contribution is 5.86. The molecule has 2 unspecified atom stereocenters. The van der Waals surface area contributed by atoms with Gasteiger partial charge in [0.1, 0.15) is 12.1 Å². The van der Waals surface area contributed by atoms with E-state index in [1.807, 2.05) is 18.2 Å². The molecule has 2 atom stereocenters. The van der Waals surface area contributed by atoms with Crippen LogP contribution in [0.25, 0.3) is 11.0 Å². The zero-order chi connectivity index (χ0) is 22.8. The molecule has 0 bridgehead atoms. The third-order valence-corrected chi connectivity index (χ3v) is 7.95. The van der Waals surface area contributed by atoms with Crippen LogP contribution in [0.4, 0.5) is 5.69 Å². The number of fused-ring (bicyclic) bond motifs is 3. The molecule has 1 fully saturated rings. The number of anilines is 1. The van der Waals surface area contributed by atoms with Crippen molar-refractivity contribution in [2.45, 2.75) is 64.0 Å². The van der Waals surface area contributed by atoms with Crippen molar-refractivity contribution in [2.75, 3.05) is 25.0 Å².